The summed E-state index contributed by atoms with van der Waals surface area (Å²) in [6, 6.07) is 7.04. The maximum absolute atomic E-state index is 10.9. The third kappa shape index (κ3) is 6.23. The van der Waals surface area contributed by atoms with Gasteiger partial charge in [0.2, 0.25) is 0 Å². The number of carboxylic acid groups (broad SMARTS) is 1. The number of imidazole rings is 1. The predicted octanol–water partition coefficient (Wildman–Crippen LogP) is 3.81. The molecule has 0 fully saturated rings. The van der Waals surface area contributed by atoms with Crippen LogP contribution in [0.25, 0.3) is 0 Å². The third-order valence-corrected chi connectivity index (χ3v) is 5.16. The predicted molar refractivity (Wildman–Crippen MR) is 107 cm³/mol. The maximum atomic E-state index is 10.9. The van der Waals surface area contributed by atoms with Gasteiger partial charge < -0.3 is 9.90 Å². The van der Waals surface area contributed by atoms with E-state index in [0.717, 1.165) is 31.5 Å². The minimum absolute atomic E-state index is 0.232. The minimum atomic E-state index is -1.12. The molecule has 1 heterocycles. The number of unbranched alkanes of at least 4 members (excludes halogenated alkanes) is 5. The molecule has 2 aromatic rings. The summed E-state index contributed by atoms with van der Waals surface area (Å²) in [6.45, 7) is 8.47. The number of rotatable bonds is 12. The normalized spacial score (nSPS) is 11.1. The van der Waals surface area contributed by atoms with Crippen LogP contribution in [0.5, 0.6) is 0 Å². The number of aromatic nitrogens is 2. The molecule has 0 spiro atoms. The molecule has 4 nitrogen and oxygen atoms in total. The first kappa shape index (κ1) is 21.2. The lowest BCUT2D eigenvalue weighted by Gasteiger charge is -2.07. The van der Waals surface area contributed by atoms with Crippen molar-refractivity contribution in [3.05, 3.63) is 53.1 Å². The smallest absolute Gasteiger partial charge is 0.256 e. The highest BCUT2D eigenvalue weighted by Gasteiger charge is 2.20. The summed E-state index contributed by atoms with van der Waals surface area (Å²) in [6.07, 6.45) is 12.3. The molecule has 0 aliphatic rings. The molecule has 0 saturated carbocycles. The van der Waals surface area contributed by atoms with Crippen LogP contribution in [0.2, 0.25) is 0 Å². The molecule has 1 aromatic heterocycles. The highest BCUT2D eigenvalue weighted by Crippen LogP contribution is 2.12. The quantitative estimate of drug-likeness (QED) is 0.421. The number of carbonyl (C=O) groups is 1. The van der Waals surface area contributed by atoms with Crippen LogP contribution in [-0.4, -0.2) is 10.5 Å². The molecule has 0 aliphatic heterocycles. The number of carboxylic acids is 1. The van der Waals surface area contributed by atoms with Crippen LogP contribution in [-0.2, 0) is 19.5 Å². The molecule has 0 unspecified atom stereocenters. The Morgan fingerprint density at radius 1 is 1.00 bits per heavy atom. The zero-order chi connectivity index (χ0) is 19.6. The average Bonchev–Trinajstić information content (AvgIpc) is 2.93. The van der Waals surface area contributed by atoms with Gasteiger partial charge in [-0.1, -0.05) is 70.2 Å². The zero-order valence-corrected chi connectivity index (χ0v) is 17.2. The first-order chi connectivity index (χ1) is 13.1. The number of carbonyl (C=O) groups excluding carboxylic acids is 1. The molecule has 148 valence electrons. The Labute approximate surface area is 163 Å². The lowest BCUT2D eigenvalue weighted by Crippen LogP contribution is -2.38. The molecule has 0 radical (unpaired) electrons. The molecule has 0 aliphatic carbocycles. The molecule has 0 saturated heterocycles. The second-order valence-electron chi connectivity index (χ2n) is 7.47. The summed E-state index contributed by atoms with van der Waals surface area (Å²) in [4.78, 5) is 10.9. The number of aryl methyl sites for hydroxylation is 1. The van der Waals surface area contributed by atoms with E-state index in [-0.39, 0.29) is 5.56 Å². The molecule has 0 atom stereocenters. The standard InChI is InChI=1S/C23H34N2O2/c1-4-6-7-8-9-10-11-22-24(17-19(3)25(22)16-5-2)18-20-12-14-21(15-13-20)23(26)27/h12-15,17H,4-11,16,18H2,1-3H3. The molecular weight excluding hydrogens is 336 g/mol. The molecule has 0 N–H and O–H groups in total. The SMILES string of the molecule is CCCCCCCCc1n(CCC)c(C)c[n+]1Cc1ccc(C(=O)[O-])cc1. The van der Waals surface area contributed by atoms with Gasteiger partial charge in [-0.15, -0.1) is 0 Å². The van der Waals surface area contributed by atoms with Crippen LogP contribution in [0.15, 0.2) is 30.5 Å². The van der Waals surface area contributed by atoms with Gasteiger partial charge in [0, 0.05) is 13.3 Å². The van der Waals surface area contributed by atoms with Crippen LogP contribution in [0, 0.1) is 6.92 Å². The van der Waals surface area contributed by atoms with E-state index in [4.69, 9.17) is 0 Å². The van der Waals surface area contributed by atoms with E-state index in [1.165, 1.54) is 50.0 Å². The zero-order valence-electron chi connectivity index (χ0n) is 17.2. The van der Waals surface area contributed by atoms with E-state index in [2.05, 4.69) is 36.1 Å². The first-order valence-electron chi connectivity index (χ1n) is 10.5. The number of hydrogen-bond donors (Lipinski definition) is 0. The topological polar surface area (TPSA) is 48.9 Å². The minimum Gasteiger partial charge on any atom is -0.545 e. The number of hydrogen-bond acceptors (Lipinski definition) is 2. The fourth-order valence-electron chi connectivity index (χ4n) is 3.68. The van der Waals surface area contributed by atoms with Gasteiger partial charge in [0.05, 0.1) is 12.5 Å². The Bertz CT molecular complexity index is 717. The van der Waals surface area contributed by atoms with E-state index in [0.29, 0.717) is 0 Å². The van der Waals surface area contributed by atoms with Crippen LogP contribution < -0.4 is 9.67 Å². The van der Waals surface area contributed by atoms with Crippen molar-refractivity contribution < 1.29 is 14.5 Å². The largest absolute Gasteiger partial charge is 0.545 e. The lowest BCUT2D eigenvalue weighted by molar-refractivity contribution is -0.695. The molecule has 27 heavy (non-hydrogen) atoms. The van der Waals surface area contributed by atoms with E-state index in [1.807, 2.05) is 12.1 Å². The van der Waals surface area contributed by atoms with E-state index in [1.54, 1.807) is 12.1 Å². The summed E-state index contributed by atoms with van der Waals surface area (Å²) in [7, 11) is 0. The van der Waals surface area contributed by atoms with Gasteiger partial charge in [0.15, 0.2) is 0 Å². The Hall–Kier alpha value is -2.10. The fraction of sp³-hybridized carbons (Fsp3) is 0.565. The summed E-state index contributed by atoms with van der Waals surface area (Å²) < 4.78 is 4.78. The van der Waals surface area contributed by atoms with E-state index >= 15 is 0 Å². The van der Waals surface area contributed by atoms with Gasteiger partial charge in [-0.25, -0.2) is 9.13 Å². The van der Waals surface area contributed by atoms with Crippen LogP contribution in [0.1, 0.15) is 86.2 Å². The maximum Gasteiger partial charge on any atom is 0.256 e. The summed E-state index contributed by atoms with van der Waals surface area (Å²) >= 11 is 0. The van der Waals surface area contributed by atoms with Gasteiger partial charge in [-0.2, -0.15) is 0 Å². The Morgan fingerprint density at radius 2 is 1.67 bits per heavy atom. The number of nitrogens with zero attached hydrogens (tertiary/aromatic N) is 2. The summed E-state index contributed by atoms with van der Waals surface area (Å²) in [5, 5.41) is 10.9. The Kier molecular flexibility index (Phi) is 8.56. The van der Waals surface area contributed by atoms with Crippen molar-refractivity contribution in [1.29, 1.82) is 0 Å². The Morgan fingerprint density at radius 3 is 2.30 bits per heavy atom. The monoisotopic (exact) mass is 370 g/mol. The van der Waals surface area contributed by atoms with Crippen molar-refractivity contribution in [3.8, 4) is 0 Å². The second kappa shape index (κ2) is 10.9. The highest BCUT2D eigenvalue weighted by atomic mass is 16.4. The van der Waals surface area contributed by atoms with Crippen LogP contribution >= 0.6 is 0 Å². The lowest BCUT2D eigenvalue weighted by atomic mass is 10.1. The van der Waals surface area contributed by atoms with Crippen LogP contribution in [0.3, 0.4) is 0 Å². The van der Waals surface area contributed by atoms with Crippen LogP contribution in [0.4, 0.5) is 0 Å². The number of benzene rings is 1. The molecule has 0 amide bonds. The summed E-state index contributed by atoms with van der Waals surface area (Å²) in [5.41, 5.74) is 2.64. The second-order valence-corrected chi connectivity index (χ2v) is 7.47. The van der Waals surface area contributed by atoms with Crippen molar-refractivity contribution in [1.82, 2.24) is 4.57 Å². The van der Waals surface area contributed by atoms with Crippen molar-refractivity contribution in [3.63, 3.8) is 0 Å². The van der Waals surface area contributed by atoms with Gasteiger partial charge >= 0.3 is 0 Å². The van der Waals surface area contributed by atoms with Crippen molar-refractivity contribution in [2.24, 2.45) is 0 Å². The van der Waals surface area contributed by atoms with Gasteiger partial charge in [0.25, 0.3) is 5.82 Å². The van der Waals surface area contributed by atoms with Crippen molar-refractivity contribution in [2.75, 3.05) is 0 Å². The van der Waals surface area contributed by atoms with Gasteiger partial charge in [-0.3, -0.25) is 0 Å². The molecule has 0 bridgehead atoms. The summed E-state index contributed by atoms with van der Waals surface area (Å²) in [5.74, 6) is 0.261. The molecular formula is C23H34N2O2. The fourth-order valence-corrected chi connectivity index (χ4v) is 3.68. The van der Waals surface area contributed by atoms with Crippen molar-refractivity contribution in [2.45, 2.75) is 85.2 Å². The molecule has 1 aromatic carbocycles. The van der Waals surface area contributed by atoms with Gasteiger partial charge in [0.1, 0.15) is 18.4 Å². The Balaban J connectivity index is 2.09. The third-order valence-electron chi connectivity index (χ3n) is 5.16. The highest BCUT2D eigenvalue weighted by molar-refractivity contribution is 5.85. The number of aromatic carboxylic acids is 1. The molecule has 4 heteroatoms. The van der Waals surface area contributed by atoms with E-state index < -0.39 is 5.97 Å². The molecule has 2 rings (SSSR count). The van der Waals surface area contributed by atoms with Gasteiger partial charge in [-0.05, 0) is 24.0 Å². The van der Waals surface area contributed by atoms with Crippen molar-refractivity contribution >= 4 is 5.97 Å². The van der Waals surface area contributed by atoms with E-state index in [9.17, 15) is 9.90 Å². The average molecular weight is 371 g/mol. The first-order valence-corrected chi connectivity index (χ1v) is 10.5.